The molecule has 0 rings (SSSR count). The van der Waals surface area contributed by atoms with Crippen LogP contribution in [0.4, 0.5) is 0 Å². The Bertz CT molecular complexity index is 439. The summed E-state index contributed by atoms with van der Waals surface area (Å²) in [4.78, 5) is 11.5. The first-order valence-electron chi connectivity index (χ1n) is 8.00. The summed E-state index contributed by atoms with van der Waals surface area (Å²) in [6.45, 7) is 5.32. The molecule has 0 aromatic carbocycles. The van der Waals surface area contributed by atoms with Crippen LogP contribution in [0.25, 0.3) is 0 Å². The number of hydrogen-bond acceptors (Lipinski definition) is 9. The number of rotatable bonds is 14. The van der Waals surface area contributed by atoms with Crippen molar-refractivity contribution in [2.45, 2.75) is 30.8 Å². The highest BCUT2D eigenvalue weighted by Gasteiger charge is 2.72. The number of carbonyl (C=O) groups excluding carboxylic acids is 1. The summed E-state index contributed by atoms with van der Waals surface area (Å²) in [7, 11) is 5.29. The second-order valence-electron chi connectivity index (χ2n) is 5.57. The Hall–Kier alpha value is -0.463. The molecule has 10 heteroatoms. The lowest BCUT2D eigenvalue weighted by atomic mass is 9.98. The first-order chi connectivity index (χ1) is 12.3. The highest BCUT2D eigenvalue weighted by Crippen LogP contribution is 2.42. The molecule has 0 aromatic rings. The van der Waals surface area contributed by atoms with Gasteiger partial charge in [-0.2, -0.15) is 12.6 Å². The number of carbonyl (C=O) groups is 1. The summed E-state index contributed by atoms with van der Waals surface area (Å²) in [6, 6.07) is 0. The first kappa shape index (κ1) is 25.5. The molecule has 0 aliphatic heterocycles. The van der Waals surface area contributed by atoms with Crippen LogP contribution in [-0.2, 0) is 37.0 Å². The van der Waals surface area contributed by atoms with Crippen LogP contribution in [0.2, 0.25) is 0 Å². The van der Waals surface area contributed by atoms with E-state index >= 15 is 0 Å². The van der Waals surface area contributed by atoms with E-state index in [-0.39, 0.29) is 12.4 Å². The van der Waals surface area contributed by atoms with E-state index in [1.165, 1.54) is 42.7 Å². The van der Waals surface area contributed by atoms with Gasteiger partial charge in [0.25, 0.3) is 5.41 Å². The van der Waals surface area contributed by atoms with Crippen LogP contribution < -0.4 is 0 Å². The van der Waals surface area contributed by atoms with Gasteiger partial charge in [-0.1, -0.05) is 6.58 Å². The molecule has 0 radical (unpaired) electrons. The zero-order valence-corrected chi connectivity index (χ0v) is 18.6. The molecule has 0 saturated carbocycles. The lowest BCUT2D eigenvalue weighted by Gasteiger charge is -2.51. The molecular formula is C16H32O8SSi. The van der Waals surface area contributed by atoms with Crippen molar-refractivity contribution in [2.24, 2.45) is 0 Å². The largest absolute Gasteiger partial charge is 0.566 e. The molecule has 0 aliphatic carbocycles. The van der Waals surface area contributed by atoms with Crippen LogP contribution in [0.15, 0.2) is 12.2 Å². The molecule has 0 aliphatic rings. The van der Waals surface area contributed by atoms with Crippen LogP contribution in [-0.4, -0.2) is 80.8 Å². The maximum atomic E-state index is 11.5. The van der Waals surface area contributed by atoms with Crippen molar-refractivity contribution in [3.63, 3.8) is 0 Å². The second kappa shape index (κ2) is 11.4. The number of methoxy groups -OCH3 is 3. The Morgan fingerprint density at radius 1 is 1.00 bits per heavy atom. The van der Waals surface area contributed by atoms with Gasteiger partial charge in [0.1, 0.15) is 5.60 Å². The number of thiol groups is 1. The summed E-state index contributed by atoms with van der Waals surface area (Å²) < 4.78 is 39.3. The average Bonchev–Trinajstić information content (AvgIpc) is 2.67. The number of ether oxygens (including phenoxy) is 4. The Balaban J connectivity index is 5.72. The van der Waals surface area contributed by atoms with Gasteiger partial charge in [0.05, 0.1) is 6.61 Å². The minimum absolute atomic E-state index is 0.176. The summed E-state index contributed by atoms with van der Waals surface area (Å²) >= 11 is 4.46. The van der Waals surface area contributed by atoms with E-state index in [9.17, 15) is 4.79 Å². The highest BCUT2D eigenvalue weighted by atomic mass is 32.1. The Labute approximate surface area is 162 Å². The van der Waals surface area contributed by atoms with Gasteiger partial charge in [-0.3, -0.25) is 0 Å². The third kappa shape index (κ3) is 4.68. The summed E-state index contributed by atoms with van der Waals surface area (Å²) in [5.74, 6) is -0.234. The van der Waals surface area contributed by atoms with Gasteiger partial charge < -0.3 is 32.2 Å². The van der Waals surface area contributed by atoms with Gasteiger partial charge in [-0.15, -0.1) is 0 Å². The van der Waals surface area contributed by atoms with Gasteiger partial charge in [0.2, 0.25) is 0 Å². The van der Waals surface area contributed by atoms with E-state index in [4.69, 9.17) is 32.2 Å². The zero-order valence-electron chi connectivity index (χ0n) is 16.7. The fourth-order valence-electron chi connectivity index (χ4n) is 2.93. The standard InChI is InChI=1S/C16H32O8SSi/c1-13(2)14(17)24-11-9-10-15(12-25,18-3)16(19-4,20-5)26(21-6,22-7)23-8/h25H,1,9-12H2,2-8H3. The Morgan fingerprint density at radius 3 is 1.81 bits per heavy atom. The first-order valence-corrected chi connectivity index (χ1v) is 10.4. The molecular weight excluding hydrogens is 380 g/mol. The monoisotopic (exact) mass is 412 g/mol. The van der Waals surface area contributed by atoms with Crippen molar-refractivity contribution in [1.82, 2.24) is 0 Å². The molecule has 1 unspecified atom stereocenters. The van der Waals surface area contributed by atoms with Gasteiger partial charge in [0.15, 0.2) is 0 Å². The quantitative estimate of drug-likeness (QED) is 0.115. The van der Waals surface area contributed by atoms with Crippen molar-refractivity contribution < 1.29 is 37.0 Å². The van der Waals surface area contributed by atoms with E-state index in [0.717, 1.165) is 0 Å². The fraction of sp³-hybridized carbons (Fsp3) is 0.812. The number of hydrogen-bond donors (Lipinski definition) is 1. The molecule has 1 atom stereocenters. The van der Waals surface area contributed by atoms with E-state index in [0.29, 0.717) is 18.4 Å². The van der Waals surface area contributed by atoms with Crippen LogP contribution in [0.3, 0.4) is 0 Å². The van der Waals surface area contributed by atoms with Crippen LogP contribution in [0.5, 0.6) is 0 Å². The van der Waals surface area contributed by atoms with E-state index in [1.54, 1.807) is 6.92 Å². The van der Waals surface area contributed by atoms with Gasteiger partial charge in [-0.25, -0.2) is 4.79 Å². The van der Waals surface area contributed by atoms with Crippen LogP contribution in [0.1, 0.15) is 19.8 Å². The number of esters is 1. The van der Waals surface area contributed by atoms with Gasteiger partial charge >= 0.3 is 14.8 Å². The van der Waals surface area contributed by atoms with Crippen molar-refractivity contribution >= 4 is 27.4 Å². The maximum Gasteiger partial charge on any atom is 0.566 e. The lowest BCUT2D eigenvalue weighted by Crippen LogP contribution is -2.77. The van der Waals surface area contributed by atoms with E-state index in [2.05, 4.69) is 19.2 Å². The second-order valence-corrected chi connectivity index (χ2v) is 8.88. The summed E-state index contributed by atoms with van der Waals surface area (Å²) in [5.41, 5.74) is -2.25. The summed E-state index contributed by atoms with van der Waals surface area (Å²) in [6.07, 6.45) is 0.840. The molecule has 0 heterocycles. The van der Waals surface area contributed by atoms with E-state index in [1.807, 2.05) is 0 Å². The molecule has 8 nitrogen and oxygen atoms in total. The predicted octanol–water partition coefficient (Wildman–Crippen LogP) is 1.61. The molecule has 0 bridgehead atoms. The molecule has 26 heavy (non-hydrogen) atoms. The van der Waals surface area contributed by atoms with Crippen molar-refractivity contribution in [3.05, 3.63) is 12.2 Å². The van der Waals surface area contributed by atoms with Crippen molar-refractivity contribution in [2.75, 3.05) is 55.0 Å². The van der Waals surface area contributed by atoms with Crippen LogP contribution >= 0.6 is 12.6 Å². The predicted molar refractivity (Wildman–Crippen MR) is 102 cm³/mol. The molecule has 0 spiro atoms. The summed E-state index contributed by atoms with van der Waals surface area (Å²) in [5, 5.41) is 0. The minimum Gasteiger partial charge on any atom is -0.462 e. The highest BCUT2D eigenvalue weighted by molar-refractivity contribution is 7.80. The minimum atomic E-state index is -3.51. The Morgan fingerprint density at radius 2 is 1.50 bits per heavy atom. The fourth-order valence-corrected chi connectivity index (χ4v) is 6.26. The van der Waals surface area contributed by atoms with Gasteiger partial charge in [-0.05, 0) is 19.8 Å². The topological polar surface area (TPSA) is 81.7 Å². The lowest BCUT2D eigenvalue weighted by molar-refractivity contribution is -0.284. The average molecular weight is 413 g/mol. The van der Waals surface area contributed by atoms with Crippen LogP contribution in [0, 0.1) is 0 Å². The third-order valence-corrected chi connectivity index (χ3v) is 8.13. The maximum absolute atomic E-state index is 11.5. The zero-order chi connectivity index (χ0) is 20.4. The van der Waals surface area contributed by atoms with Crippen molar-refractivity contribution in [1.29, 1.82) is 0 Å². The molecule has 0 fully saturated rings. The van der Waals surface area contributed by atoms with Gasteiger partial charge in [0, 0.05) is 54.0 Å². The smallest absolute Gasteiger partial charge is 0.462 e. The third-order valence-electron chi connectivity index (χ3n) is 4.34. The molecule has 154 valence electrons. The Kier molecular flexibility index (Phi) is 11.2. The molecule has 0 aromatic heterocycles. The molecule has 0 amide bonds. The molecule has 0 N–H and O–H groups in total. The van der Waals surface area contributed by atoms with E-state index < -0.39 is 25.8 Å². The normalized spacial score (nSPS) is 14.8. The molecule has 0 saturated heterocycles. The SMILES string of the molecule is C=C(C)C(=O)OCCCC(CS)(OC)C(OC)(OC)[Si](OC)(OC)OC. The van der Waals surface area contributed by atoms with Crippen molar-refractivity contribution in [3.8, 4) is 0 Å².